The monoisotopic (exact) mass is 557 g/mol. The first-order chi connectivity index (χ1) is 18.6. The summed E-state index contributed by atoms with van der Waals surface area (Å²) in [6.07, 6.45) is 0. The van der Waals surface area contributed by atoms with E-state index < -0.39 is 40.2 Å². The summed E-state index contributed by atoms with van der Waals surface area (Å²) < 4.78 is 53.8. The van der Waals surface area contributed by atoms with Gasteiger partial charge in [-0.15, -0.1) is 0 Å². The fourth-order valence-corrected chi connectivity index (χ4v) is 5.36. The van der Waals surface area contributed by atoms with Gasteiger partial charge in [0.2, 0.25) is 11.8 Å². The van der Waals surface area contributed by atoms with E-state index in [4.69, 9.17) is 9.47 Å². The third kappa shape index (κ3) is 6.85. The predicted octanol–water partition coefficient (Wildman–Crippen LogP) is 3.59. The lowest BCUT2D eigenvalue weighted by molar-refractivity contribution is -0.139. The van der Waals surface area contributed by atoms with Gasteiger partial charge in [0.25, 0.3) is 10.0 Å². The van der Waals surface area contributed by atoms with Crippen LogP contribution in [-0.2, 0) is 26.2 Å². The van der Waals surface area contributed by atoms with Crippen LogP contribution >= 0.6 is 0 Å². The van der Waals surface area contributed by atoms with Crippen LogP contribution in [0.25, 0.3) is 0 Å². The number of halogens is 1. The van der Waals surface area contributed by atoms with Crippen molar-refractivity contribution in [2.24, 2.45) is 0 Å². The second-order valence-corrected chi connectivity index (χ2v) is 10.4. The molecule has 9 nitrogen and oxygen atoms in total. The summed E-state index contributed by atoms with van der Waals surface area (Å²) >= 11 is 0. The summed E-state index contributed by atoms with van der Waals surface area (Å²) in [5, 5.41) is 2.66. The minimum atomic E-state index is -4.30. The van der Waals surface area contributed by atoms with Gasteiger partial charge >= 0.3 is 0 Å². The Balaban J connectivity index is 2.08. The molecule has 0 saturated heterocycles. The average molecular weight is 558 g/mol. The Labute approximate surface area is 228 Å². The largest absolute Gasteiger partial charge is 0.497 e. The lowest BCUT2D eigenvalue weighted by Gasteiger charge is -2.32. The molecule has 39 heavy (non-hydrogen) atoms. The molecular weight excluding hydrogens is 525 g/mol. The van der Waals surface area contributed by atoms with Gasteiger partial charge in [0.1, 0.15) is 29.9 Å². The highest BCUT2D eigenvalue weighted by Crippen LogP contribution is 2.33. The highest BCUT2D eigenvalue weighted by Gasteiger charge is 2.34. The molecule has 1 atom stereocenters. The third-order valence-corrected chi connectivity index (χ3v) is 7.87. The standard InChI is InChI=1S/C28H32FN3O6S/c1-5-30-28(34)20(2)31(18-21-10-6-7-11-24(21)29)27(33)19-32(25-12-8-9-13-26(25)38-4)39(35,36)23-16-14-22(37-3)15-17-23/h6-17,20H,5,18-19H2,1-4H3,(H,30,34)/t20-/m1/s1. The summed E-state index contributed by atoms with van der Waals surface area (Å²) in [5.74, 6) is -1.03. The molecule has 208 valence electrons. The average Bonchev–Trinajstić information content (AvgIpc) is 2.95. The van der Waals surface area contributed by atoms with Crippen molar-refractivity contribution < 1.29 is 31.9 Å². The SMILES string of the molecule is CCNC(=O)[C@@H](C)N(Cc1ccccc1F)C(=O)CN(c1ccccc1OC)S(=O)(=O)c1ccc(OC)cc1. The van der Waals surface area contributed by atoms with Gasteiger partial charge < -0.3 is 19.7 Å². The number of methoxy groups -OCH3 is 2. The van der Waals surface area contributed by atoms with E-state index >= 15 is 0 Å². The van der Waals surface area contributed by atoms with Crippen LogP contribution in [-0.4, -0.2) is 58.5 Å². The molecule has 0 heterocycles. The zero-order valence-electron chi connectivity index (χ0n) is 22.3. The number of hydrogen-bond donors (Lipinski definition) is 1. The Hall–Kier alpha value is -4.12. The van der Waals surface area contributed by atoms with Crippen LogP contribution in [0, 0.1) is 5.82 Å². The van der Waals surface area contributed by atoms with Gasteiger partial charge in [0.15, 0.2) is 0 Å². The number of para-hydroxylation sites is 2. The Kier molecular flexibility index (Phi) is 9.89. The molecule has 0 spiro atoms. The Morgan fingerprint density at radius 1 is 0.949 bits per heavy atom. The van der Waals surface area contributed by atoms with Crippen molar-refractivity contribution in [2.45, 2.75) is 31.3 Å². The number of likely N-dealkylation sites (N-methyl/N-ethyl adjacent to an activating group) is 1. The molecule has 0 aliphatic rings. The maximum absolute atomic E-state index is 14.6. The van der Waals surface area contributed by atoms with Gasteiger partial charge in [-0.2, -0.15) is 0 Å². The molecule has 0 unspecified atom stereocenters. The van der Waals surface area contributed by atoms with E-state index in [0.717, 1.165) is 9.21 Å². The highest BCUT2D eigenvalue weighted by atomic mass is 32.2. The molecule has 3 aromatic carbocycles. The predicted molar refractivity (Wildman–Crippen MR) is 146 cm³/mol. The molecule has 3 rings (SSSR count). The van der Waals surface area contributed by atoms with E-state index in [2.05, 4.69) is 5.32 Å². The van der Waals surface area contributed by atoms with Gasteiger partial charge in [-0.1, -0.05) is 30.3 Å². The molecule has 0 bridgehead atoms. The van der Waals surface area contributed by atoms with Crippen LogP contribution < -0.4 is 19.1 Å². The number of nitrogens with zero attached hydrogens (tertiary/aromatic N) is 2. The van der Waals surface area contributed by atoms with Crippen molar-refractivity contribution >= 4 is 27.5 Å². The number of hydrogen-bond acceptors (Lipinski definition) is 6. The maximum atomic E-state index is 14.6. The van der Waals surface area contributed by atoms with Crippen LogP contribution in [0.15, 0.2) is 77.7 Å². The molecule has 1 N–H and O–H groups in total. The summed E-state index contributed by atoms with van der Waals surface area (Å²) in [6.45, 7) is 2.65. The first-order valence-electron chi connectivity index (χ1n) is 12.2. The van der Waals surface area contributed by atoms with Gasteiger partial charge in [-0.05, 0) is 56.3 Å². The number of amides is 2. The summed E-state index contributed by atoms with van der Waals surface area (Å²) in [7, 11) is -1.45. The van der Waals surface area contributed by atoms with Gasteiger partial charge in [0, 0.05) is 18.7 Å². The molecular formula is C28H32FN3O6S. The second-order valence-electron chi connectivity index (χ2n) is 8.54. The maximum Gasteiger partial charge on any atom is 0.264 e. The Bertz CT molecular complexity index is 1400. The van der Waals surface area contributed by atoms with Crippen LogP contribution in [0.2, 0.25) is 0 Å². The molecule has 2 amide bonds. The Morgan fingerprint density at radius 3 is 2.21 bits per heavy atom. The molecule has 3 aromatic rings. The fourth-order valence-electron chi connectivity index (χ4n) is 3.94. The van der Waals surface area contributed by atoms with E-state index in [9.17, 15) is 22.4 Å². The number of carbonyl (C=O) groups is 2. The first-order valence-corrected chi connectivity index (χ1v) is 13.7. The van der Waals surface area contributed by atoms with Crippen molar-refractivity contribution in [2.75, 3.05) is 31.6 Å². The number of rotatable bonds is 12. The highest BCUT2D eigenvalue weighted by molar-refractivity contribution is 7.92. The fraction of sp³-hybridized carbons (Fsp3) is 0.286. The number of ether oxygens (including phenoxy) is 2. The lowest BCUT2D eigenvalue weighted by Crippen LogP contribution is -2.51. The first kappa shape index (κ1) is 29.4. The number of nitrogens with one attached hydrogen (secondary N) is 1. The minimum absolute atomic E-state index is 0.0839. The zero-order valence-corrected chi connectivity index (χ0v) is 23.1. The van der Waals surface area contributed by atoms with Crippen LogP contribution in [0.1, 0.15) is 19.4 Å². The number of sulfonamides is 1. The number of benzene rings is 3. The summed E-state index contributed by atoms with van der Waals surface area (Å²) in [4.78, 5) is 27.6. The minimum Gasteiger partial charge on any atom is -0.497 e. The molecule has 0 aliphatic carbocycles. The van der Waals surface area contributed by atoms with E-state index in [1.54, 1.807) is 31.2 Å². The van der Waals surface area contributed by atoms with Crippen LogP contribution in [0.4, 0.5) is 10.1 Å². The molecule has 11 heteroatoms. The Morgan fingerprint density at radius 2 is 1.59 bits per heavy atom. The molecule has 0 saturated carbocycles. The number of carbonyl (C=O) groups excluding carboxylic acids is 2. The summed E-state index contributed by atoms with van der Waals surface area (Å²) in [6, 6.07) is 17.0. The molecule has 0 fully saturated rings. The van der Waals surface area contributed by atoms with Crippen molar-refractivity contribution in [3.8, 4) is 11.5 Å². The lowest BCUT2D eigenvalue weighted by atomic mass is 10.1. The van der Waals surface area contributed by atoms with Gasteiger partial charge in [-0.3, -0.25) is 13.9 Å². The van der Waals surface area contributed by atoms with E-state index in [1.165, 1.54) is 69.7 Å². The van der Waals surface area contributed by atoms with Crippen molar-refractivity contribution in [1.29, 1.82) is 0 Å². The van der Waals surface area contributed by atoms with Gasteiger partial charge in [0.05, 0.1) is 24.8 Å². The third-order valence-electron chi connectivity index (χ3n) is 6.10. The quantitative estimate of drug-likeness (QED) is 0.365. The topological polar surface area (TPSA) is 105 Å². The molecule has 0 radical (unpaired) electrons. The normalized spacial score (nSPS) is 11.8. The van der Waals surface area contributed by atoms with Crippen molar-refractivity contribution in [1.82, 2.24) is 10.2 Å². The summed E-state index contributed by atoms with van der Waals surface area (Å²) in [5.41, 5.74) is 0.310. The second kappa shape index (κ2) is 13.1. The molecule has 0 aromatic heterocycles. The van der Waals surface area contributed by atoms with Crippen molar-refractivity contribution in [3.63, 3.8) is 0 Å². The van der Waals surface area contributed by atoms with E-state index in [0.29, 0.717) is 12.3 Å². The van der Waals surface area contributed by atoms with Crippen molar-refractivity contribution in [3.05, 3.63) is 84.2 Å². The molecule has 0 aliphatic heterocycles. The zero-order chi connectivity index (χ0) is 28.6. The van der Waals surface area contributed by atoms with Crippen LogP contribution in [0.3, 0.4) is 0 Å². The van der Waals surface area contributed by atoms with E-state index in [1.807, 2.05) is 0 Å². The van der Waals surface area contributed by atoms with E-state index in [-0.39, 0.29) is 28.4 Å². The van der Waals surface area contributed by atoms with Crippen LogP contribution in [0.5, 0.6) is 11.5 Å². The smallest absolute Gasteiger partial charge is 0.264 e. The number of anilines is 1. The van der Waals surface area contributed by atoms with Gasteiger partial charge in [-0.25, -0.2) is 12.8 Å².